The molecular weight excluding hydrogens is 356 g/mol. The molecule has 2 aromatic carbocycles. The van der Waals surface area contributed by atoms with Crippen LogP contribution in [0.25, 0.3) is 0 Å². The van der Waals surface area contributed by atoms with Crippen LogP contribution in [0.4, 0.5) is 5.69 Å². The zero-order valence-corrected chi connectivity index (χ0v) is 16.2. The molecule has 2 aliphatic rings. The number of fused-ring (bicyclic) bond motifs is 1. The Morgan fingerprint density at radius 1 is 0.964 bits per heavy atom. The van der Waals surface area contributed by atoms with Gasteiger partial charge in [-0.1, -0.05) is 12.1 Å². The van der Waals surface area contributed by atoms with Gasteiger partial charge in [-0.15, -0.1) is 0 Å². The minimum absolute atomic E-state index is 0.172. The van der Waals surface area contributed by atoms with Crippen molar-refractivity contribution in [3.8, 4) is 17.2 Å². The van der Waals surface area contributed by atoms with Crippen molar-refractivity contribution >= 4 is 11.6 Å². The molecule has 0 aromatic heterocycles. The Morgan fingerprint density at radius 2 is 1.68 bits per heavy atom. The van der Waals surface area contributed by atoms with Crippen LogP contribution in [0.3, 0.4) is 0 Å². The molecule has 0 aliphatic carbocycles. The Bertz CT molecular complexity index is 814. The highest BCUT2D eigenvalue weighted by Gasteiger charge is 2.22. The minimum Gasteiger partial charge on any atom is -0.494 e. The van der Waals surface area contributed by atoms with Gasteiger partial charge < -0.3 is 24.0 Å². The van der Waals surface area contributed by atoms with Gasteiger partial charge in [-0.2, -0.15) is 0 Å². The van der Waals surface area contributed by atoms with E-state index < -0.39 is 0 Å². The predicted octanol–water partition coefficient (Wildman–Crippen LogP) is 2.75. The molecule has 2 aromatic rings. The number of amides is 1. The Balaban J connectivity index is 1.31. The molecular formula is C22H26N2O4. The van der Waals surface area contributed by atoms with Crippen LogP contribution in [0, 0.1) is 0 Å². The molecule has 0 radical (unpaired) electrons. The number of nitrogens with zero attached hydrogens (tertiary/aromatic N) is 2. The van der Waals surface area contributed by atoms with Crippen molar-refractivity contribution in [1.29, 1.82) is 0 Å². The van der Waals surface area contributed by atoms with Crippen LogP contribution in [0.2, 0.25) is 0 Å². The number of carbonyl (C=O) groups excluding carboxylic acids is 1. The zero-order valence-electron chi connectivity index (χ0n) is 16.2. The summed E-state index contributed by atoms with van der Waals surface area (Å²) < 4.78 is 16.7. The second-order valence-corrected chi connectivity index (χ2v) is 6.95. The number of ether oxygens (including phenoxy) is 3. The molecule has 6 nitrogen and oxygen atoms in total. The molecule has 1 fully saturated rings. The summed E-state index contributed by atoms with van der Waals surface area (Å²) in [7, 11) is 0. The molecule has 0 spiro atoms. The Labute approximate surface area is 165 Å². The summed E-state index contributed by atoms with van der Waals surface area (Å²) in [4.78, 5) is 16.9. The molecule has 0 unspecified atom stereocenters. The molecule has 4 rings (SSSR count). The number of carbonyl (C=O) groups is 1. The maximum absolute atomic E-state index is 12.7. The predicted molar refractivity (Wildman–Crippen MR) is 108 cm³/mol. The summed E-state index contributed by atoms with van der Waals surface area (Å²) in [5.74, 6) is 2.62. The first-order chi connectivity index (χ1) is 13.7. The molecule has 0 atom stereocenters. The lowest BCUT2D eigenvalue weighted by atomic mass is 10.1. The standard InChI is InChI=1S/C22H26N2O4/c1-2-26-19-6-3-17(4-7-19)15-22(25)24-11-9-23(10-12-24)18-5-8-20-21(16-18)28-14-13-27-20/h3-8,16H,2,9-15H2,1H3. The Hall–Kier alpha value is -2.89. The van der Waals surface area contributed by atoms with Gasteiger partial charge in [-0.25, -0.2) is 0 Å². The highest BCUT2D eigenvalue weighted by molar-refractivity contribution is 5.79. The third kappa shape index (κ3) is 4.16. The van der Waals surface area contributed by atoms with Crippen molar-refractivity contribution in [3.05, 3.63) is 48.0 Å². The summed E-state index contributed by atoms with van der Waals surface area (Å²) in [5, 5.41) is 0. The third-order valence-electron chi connectivity index (χ3n) is 5.11. The highest BCUT2D eigenvalue weighted by atomic mass is 16.6. The fourth-order valence-electron chi connectivity index (χ4n) is 3.60. The van der Waals surface area contributed by atoms with E-state index in [2.05, 4.69) is 11.0 Å². The van der Waals surface area contributed by atoms with Crippen molar-refractivity contribution in [1.82, 2.24) is 4.90 Å². The van der Waals surface area contributed by atoms with E-state index in [0.717, 1.165) is 54.7 Å². The van der Waals surface area contributed by atoms with Crippen molar-refractivity contribution in [3.63, 3.8) is 0 Å². The van der Waals surface area contributed by atoms with E-state index in [0.29, 0.717) is 26.2 Å². The minimum atomic E-state index is 0.172. The molecule has 1 amide bonds. The largest absolute Gasteiger partial charge is 0.494 e. The van der Waals surface area contributed by atoms with Gasteiger partial charge in [-0.05, 0) is 36.8 Å². The lowest BCUT2D eigenvalue weighted by molar-refractivity contribution is -0.130. The Morgan fingerprint density at radius 3 is 2.39 bits per heavy atom. The molecule has 148 valence electrons. The molecule has 2 aliphatic heterocycles. The quantitative estimate of drug-likeness (QED) is 0.796. The van der Waals surface area contributed by atoms with Crippen LogP contribution in [0.15, 0.2) is 42.5 Å². The van der Waals surface area contributed by atoms with E-state index in [1.807, 2.05) is 48.2 Å². The first-order valence-corrected chi connectivity index (χ1v) is 9.87. The number of rotatable bonds is 5. The van der Waals surface area contributed by atoms with Gasteiger partial charge in [0.15, 0.2) is 11.5 Å². The zero-order chi connectivity index (χ0) is 19.3. The van der Waals surface area contributed by atoms with Crippen LogP contribution in [-0.4, -0.2) is 56.8 Å². The van der Waals surface area contributed by atoms with Crippen LogP contribution in [0.5, 0.6) is 17.2 Å². The molecule has 1 saturated heterocycles. The first kappa shape index (κ1) is 18.5. The van der Waals surface area contributed by atoms with Crippen molar-refractivity contribution in [2.24, 2.45) is 0 Å². The maximum Gasteiger partial charge on any atom is 0.227 e. The van der Waals surface area contributed by atoms with E-state index in [-0.39, 0.29) is 5.91 Å². The van der Waals surface area contributed by atoms with Crippen LogP contribution in [0.1, 0.15) is 12.5 Å². The van der Waals surface area contributed by atoms with E-state index in [1.165, 1.54) is 0 Å². The Kier molecular flexibility index (Phi) is 5.55. The van der Waals surface area contributed by atoms with Gasteiger partial charge in [0, 0.05) is 37.9 Å². The lowest BCUT2D eigenvalue weighted by Crippen LogP contribution is -2.49. The molecule has 2 heterocycles. The summed E-state index contributed by atoms with van der Waals surface area (Å²) in [6.45, 7) is 6.87. The molecule has 0 saturated carbocycles. The number of hydrogen-bond donors (Lipinski definition) is 0. The average molecular weight is 382 g/mol. The summed E-state index contributed by atoms with van der Waals surface area (Å²) in [6, 6.07) is 13.8. The number of anilines is 1. The summed E-state index contributed by atoms with van der Waals surface area (Å²) in [5.41, 5.74) is 2.13. The van der Waals surface area contributed by atoms with Gasteiger partial charge in [0.25, 0.3) is 0 Å². The molecule has 6 heteroatoms. The van der Waals surface area contributed by atoms with Crippen LogP contribution >= 0.6 is 0 Å². The normalized spacial score (nSPS) is 16.0. The molecule has 28 heavy (non-hydrogen) atoms. The van der Waals surface area contributed by atoms with Gasteiger partial charge in [-0.3, -0.25) is 4.79 Å². The van der Waals surface area contributed by atoms with Gasteiger partial charge in [0.05, 0.1) is 13.0 Å². The summed E-state index contributed by atoms with van der Waals surface area (Å²) >= 11 is 0. The first-order valence-electron chi connectivity index (χ1n) is 9.87. The van der Waals surface area contributed by atoms with E-state index in [1.54, 1.807) is 0 Å². The number of hydrogen-bond acceptors (Lipinski definition) is 5. The second-order valence-electron chi connectivity index (χ2n) is 6.95. The van der Waals surface area contributed by atoms with Crippen molar-refractivity contribution < 1.29 is 19.0 Å². The van der Waals surface area contributed by atoms with Crippen molar-refractivity contribution in [2.75, 3.05) is 50.9 Å². The molecule has 0 bridgehead atoms. The topological polar surface area (TPSA) is 51.2 Å². The number of benzene rings is 2. The average Bonchev–Trinajstić information content (AvgIpc) is 2.75. The van der Waals surface area contributed by atoms with Crippen LogP contribution in [-0.2, 0) is 11.2 Å². The number of piperazine rings is 1. The van der Waals surface area contributed by atoms with E-state index in [9.17, 15) is 4.79 Å². The SMILES string of the molecule is CCOc1ccc(CC(=O)N2CCN(c3ccc4c(c3)OCCO4)CC2)cc1. The van der Waals surface area contributed by atoms with Crippen molar-refractivity contribution in [2.45, 2.75) is 13.3 Å². The van der Waals surface area contributed by atoms with Gasteiger partial charge in [0.1, 0.15) is 19.0 Å². The van der Waals surface area contributed by atoms with E-state index in [4.69, 9.17) is 14.2 Å². The summed E-state index contributed by atoms with van der Waals surface area (Å²) in [6.07, 6.45) is 0.427. The highest BCUT2D eigenvalue weighted by Crippen LogP contribution is 2.34. The molecule has 0 N–H and O–H groups in total. The van der Waals surface area contributed by atoms with E-state index >= 15 is 0 Å². The van der Waals surface area contributed by atoms with Gasteiger partial charge >= 0.3 is 0 Å². The maximum atomic E-state index is 12.7. The lowest BCUT2D eigenvalue weighted by Gasteiger charge is -2.36. The second kappa shape index (κ2) is 8.42. The monoisotopic (exact) mass is 382 g/mol. The fourth-order valence-corrected chi connectivity index (χ4v) is 3.60. The smallest absolute Gasteiger partial charge is 0.227 e. The third-order valence-corrected chi connectivity index (χ3v) is 5.11. The fraction of sp³-hybridized carbons (Fsp3) is 0.409. The van der Waals surface area contributed by atoms with Gasteiger partial charge in [0.2, 0.25) is 5.91 Å². The van der Waals surface area contributed by atoms with Crippen LogP contribution < -0.4 is 19.1 Å².